The largest absolute Gasteiger partial charge is 0.481 e. The molecule has 0 fully saturated rings. The van der Waals surface area contributed by atoms with E-state index >= 15 is 0 Å². The lowest BCUT2D eigenvalue weighted by Crippen LogP contribution is -2.37. The van der Waals surface area contributed by atoms with Crippen molar-refractivity contribution in [1.82, 2.24) is 5.32 Å². The van der Waals surface area contributed by atoms with Crippen LogP contribution in [0.25, 0.3) is 0 Å². The zero-order chi connectivity index (χ0) is 13.5. The lowest BCUT2D eigenvalue weighted by atomic mass is 10.1. The molecule has 100 valence electrons. The van der Waals surface area contributed by atoms with Crippen molar-refractivity contribution in [2.24, 2.45) is 0 Å². The first-order valence-electron chi connectivity index (χ1n) is 6.05. The number of carbonyl (C=O) groups excluding carboxylic acids is 1. The summed E-state index contributed by atoms with van der Waals surface area (Å²) < 4.78 is 10.5. The Bertz CT molecular complexity index is 404. The van der Waals surface area contributed by atoms with Crippen LogP contribution in [0.1, 0.15) is 18.1 Å². The molecule has 18 heavy (non-hydrogen) atoms. The molecule has 1 N–H and O–H groups in total. The van der Waals surface area contributed by atoms with E-state index < -0.39 is 6.10 Å². The first kappa shape index (κ1) is 14.5. The van der Waals surface area contributed by atoms with Gasteiger partial charge in [-0.05, 0) is 44.0 Å². The minimum atomic E-state index is -0.510. The van der Waals surface area contributed by atoms with E-state index in [1.165, 1.54) is 5.56 Å². The molecular weight excluding hydrogens is 230 g/mol. The van der Waals surface area contributed by atoms with Crippen molar-refractivity contribution >= 4 is 5.91 Å². The van der Waals surface area contributed by atoms with Crippen molar-refractivity contribution in [1.29, 1.82) is 0 Å². The highest BCUT2D eigenvalue weighted by Crippen LogP contribution is 2.17. The first-order chi connectivity index (χ1) is 8.54. The number of hydrogen-bond donors (Lipinski definition) is 1. The fraction of sp³-hybridized carbons (Fsp3) is 0.500. The summed E-state index contributed by atoms with van der Waals surface area (Å²) in [6.07, 6.45) is -0.510. The maximum absolute atomic E-state index is 11.7. The van der Waals surface area contributed by atoms with Crippen LogP contribution in [0.4, 0.5) is 0 Å². The van der Waals surface area contributed by atoms with Crippen LogP contribution in [0, 0.1) is 13.8 Å². The number of carbonyl (C=O) groups is 1. The summed E-state index contributed by atoms with van der Waals surface area (Å²) in [4.78, 5) is 11.7. The lowest BCUT2D eigenvalue weighted by molar-refractivity contribution is -0.127. The van der Waals surface area contributed by atoms with Gasteiger partial charge in [-0.15, -0.1) is 0 Å². The number of aryl methyl sites for hydroxylation is 2. The predicted molar refractivity (Wildman–Crippen MR) is 70.9 cm³/mol. The molecule has 0 saturated heterocycles. The van der Waals surface area contributed by atoms with E-state index in [9.17, 15) is 4.79 Å². The number of hydrogen-bond acceptors (Lipinski definition) is 3. The van der Waals surface area contributed by atoms with Crippen LogP contribution in [0.5, 0.6) is 5.75 Å². The summed E-state index contributed by atoms with van der Waals surface area (Å²) in [5.41, 5.74) is 2.36. The SMILES string of the molecule is COCCNC(=O)C(C)Oc1ccc(C)c(C)c1. The molecular formula is C14H21NO3. The number of ether oxygens (including phenoxy) is 2. The van der Waals surface area contributed by atoms with Crippen molar-refractivity contribution in [2.75, 3.05) is 20.3 Å². The van der Waals surface area contributed by atoms with Gasteiger partial charge in [0, 0.05) is 13.7 Å². The second kappa shape index (κ2) is 7.01. The molecule has 4 nitrogen and oxygen atoms in total. The maximum atomic E-state index is 11.7. The van der Waals surface area contributed by atoms with Crippen LogP contribution in [0.2, 0.25) is 0 Å². The van der Waals surface area contributed by atoms with Crippen LogP contribution >= 0.6 is 0 Å². The van der Waals surface area contributed by atoms with E-state index in [0.29, 0.717) is 18.9 Å². The second-order valence-electron chi connectivity index (χ2n) is 4.29. The Morgan fingerprint density at radius 1 is 1.33 bits per heavy atom. The van der Waals surface area contributed by atoms with E-state index in [4.69, 9.17) is 9.47 Å². The van der Waals surface area contributed by atoms with Crippen molar-refractivity contribution in [3.05, 3.63) is 29.3 Å². The van der Waals surface area contributed by atoms with Crippen LogP contribution in [-0.2, 0) is 9.53 Å². The second-order valence-corrected chi connectivity index (χ2v) is 4.29. The summed E-state index contributed by atoms with van der Waals surface area (Å²) >= 11 is 0. The van der Waals surface area contributed by atoms with Gasteiger partial charge in [-0.25, -0.2) is 0 Å². The van der Waals surface area contributed by atoms with Gasteiger partial charge in [-0.1, -0.05) is 6.07 Å². The minimum Gasteiger partial charge on any atom is -0.481 e. The third-order valence-corrected chi connectivity index (χ3v) is 2.77. The fourth-order valence-corrected chi connectivity index (χ4v) is 1.46. The Labute approximate surface area is 108 Å². The van der Waals surface area contributed by atoms with Crippen molar-refractivity contribution in [3.63, 3.8) is 0 Å². The van der Waals surface area contributed by atoms with Gasteiger partial charge >= 0.3 is 0 Å². The Kier molecular flexibility index (Phi) is 5.65. The van der Waals surface area contributed by atoms with E-state index in [-0.39, 0.29) is 5.91 Å². The Morgan fingerprint density at radius 2 is 2.06 bits per heavy atom. The summed E-state index contributed by atoms with van der Waals surface area (Å²) in [5, 5.41) is 2.74. The van der Waals surface area contributed by atoms with Gasteiger partial charge in [0.05, 0.1) is 6.61 Å². The Morgan fingerprint density at radius 3 is 2.67 bits per heavy atom. The van der Waals surface area contributed by atoms with Crippen molar-refractivity contribution < 1.29 is 14.3 Å². The number of methoxy groups -OCH3 is 1. The van der Waals surface area contributed by atoms with E-state index in [2.05, 4.69) is 5.32 Å². The topological polar surface area (TPSA) is 47.6 Å². The van der Waals surface area contributed by atoms with Gasteiger partial charge in [-0.3, -0.25) is 4.79 Å². The summed E-state index contributed by atoms with van der Waals surface area (Å²) in [6.45, 7) is 6.79. The molecule has 4 heteroatoms. The average molecular weight is 251 g/mol. The highest BCUT2D eigenvalue weighted by atomic mass is 16.5. The highest BCUT2D eigenvalue weighted by Gasteiger charge is 2.13. The van der Waals surface area contributed by atoms with Crippen molar-refractivity contribution in [2.45, 2.75) is 26.9 Å². The summed E-state index contributed by atoms with van der Waals surface area (Å²) in [5.74, 6) is 0.581. The number of rotatable bonds is 6. The zero-order valence-electron chi connectivity index (χ0n) is 11.4. The molecule has 0 aliphatic rings. The fourth-order valence-electron chi connectivity index (χ4n) is 1.46. The molecule has 1 aromatic carbocycles. The van der Waals surface area contributed by atoms with Crippen LogP contribution in [-0.4, -0.2) is 32.3 Å². The van der Waals surface area contributed by atoms with E-state index in [1.54, 1.807) is 14.0 Å². The van der Waals surface area contributed by atoms with Gasteiger partial charge in [0.25, 0.3) is 5.91 Å². The van der Waals surface area contributed by atoms with Gasteiger partial charge in [-0.2, -0.15) is 0 Å². The lowest BCUT2D eigenvalue weighted by Gasteiger charge is -2.15. The number of nitrogens with one attached hydrogen (secondary N) is 1. The predicted octanol–water partition coefficient (Wildman–Crippen LogP) is 1.83. The molecule has 1 atom stereocenters. The number of amides is 1. The minimum absolute atomic E-state index is 0.134. The first-order valence-corrected chi connectivity index (χ1v) is 6.05. The molecule has 0 bridgehead atoms. The van der Waals surface area contributed by atoms with Crippen LogP contribution in [0.15, 0.2) is 18.2 Å². The number of benzene rings is 1. The quantitative estimate of drug-likeness (QED) is 0.785. The van der Waals surface area contributed by atoms with Gasteiger partial charge in [0.2, 0.25) is 0 Å². The van der Waals surface area contributed by atoms with Gasteiger partial charge in [0.1, 0.15) is 5.75 Å². The molecule has 1 aromatic rings. The monoisotopic (exact) mass is 251 g/mol. The van der Waals surface area contributed by atoms with Crippen molar-refractivity contribution in [3.8, 4) is 5.75 Å². The normalized spacial score (nSPS) is 12.0. The summed E-state index contributed by atoms with van der Waals surface area (Å²) in [6, 6.07) is 5.80. The molecule has 0 aliphatic carbocycles. The molecule has 0 heterocycles. The average Bonchev–Trinajstić information content (AvgIpc) is 2.34. The summed E-state index contributed by atoms with van der Waals surface area (Å²) in [7, 11) is 1.60. The molecule has 0 radical (unpaired) electrons. The van der Waals surface area contributed by atoms with Gasteiger partial charge in [0.15, 0.2) is 6.10 Å². The standard InChI is InChI=1S/C14H21NO3/c1-10-5-6-13(9-11(10)2)18-12(3)14(16)15-7-8-17-4/h5-6,9,12H,7-8H2,1-4H3,(H,15,16). The smallest absolute Gasteiger partial charge is 0.260 e. The molecule has 1 unspecified atom stereocenters. The molecule has 0 spiro atoms. The van der Waals surface area contributed by atoms with E-state index in [1.807, 2.05) is 32.0 Å². The Hall–Kier alpha value is -1.55. The maximum Gasteiger partial charge on any atom is 0.260 e. The zero-order valence-corrected chi connectivity index (χ0v) is 11.4. The molecule has 0 aliphatic heterocycles. The van der Waals surface area contributed by atoms with Crippen LogP contribution in [0.3, 0.4) is 0 Å². The molecule has 0 aromatic heterocycles. The Balaban J connectivity index is 2.50. The highest BCUT2D eigenvalue weighted by molar-refractivity contribution is 5.80. The molecule has 1 amide bonds. The van der Waals surface area contributed by atoms with Crippen LogP contribution < -0.4 is 10.1 Å². The van der Waals surface area contributed by atoms with E-state index in [0.717, 1.165) is 5.56 Å². The third kappa shape index (κ3) is 4.37. The third-order valence-electron chi connectivity index (χ3n) is 2.77. The van der Waals surface area contributed by atoms with Gasteiger partial charge < -0.3 is 14.8 Å². The molecule has 1 rings (SSSR count). The molecule has 0 saturated carbocycles.